The molecule has 0 radical (unpaired) electrons. The molecule has 0 aliphatic heterocycles. The molecule has 3 N–H and O–H groups in total. The van der Waals surface area contributed by atoms with E-state index in [0.717, 1.165) is 0 Å². The highest BCUT2D eigenvalue weighted by molar-refractivity contribution is 5.26. The van der Waals surface area contributed by atoms with Crippen molar-refractivity contribution < 1.29 is 13.9 Å². The van der Waals surface area contributed by atoms with Crippen molar-refractivity contribution in [2.24, 2.45) is 5.73 Å². The number of hydrogen-bond donors (Lipinski definition) is 2. The van der Waals surface area contributed by atoms with E-state index >= 15 is 0 Å². The Labute approximate surface area is 81.4 Å². The summed E-state index contributed by atoms with van der Waals surface area (Å²) < 4.78 is 26.5. The van der Waals surface area contributed by atoms with E-state index in [1.54, 1.807) is 6.07 Å². The smallest absolute Gasteiger partial charge is 0.145 e. The highest BCUT2D eigenvalue weighted by Gasteiger charge is 2.33. The third kappa shape index (κ3) is 1.91. The van der Waals surface area contributed by atoms with Crippen molar-refractivity contribution in [2.75, 3.05) is 6.61 Å². The molecule has 78 valence electrons. The van der Waals surface area contributed by atoms with Crippen LogP contribution in [-0.4, -0.2) is 17.9 Å². The minimum atomic E-state index is -1.68. The van der Waals surface area contributed by atoms with Gasteiger partial charge in [0.05, 0.1) is 12.1 Å². The Hall–Kier alpha value is -1.00. The molecule has 0 aliphatic carbocycles. The lowest BCUT2D eigenvalue weighted by atomic mass is 9.88. The van der Waals surface area contributed by atoms with Gasteiger partial charge in [0.2, 0.25) is 0 Å². The lowest BCUT2D eigenvalue weighted by molar-refractivity contribution is 0.111. The molecule has 0 heterocycles. The second-order valence-corrected chi connectivity index (χ2v) is 3.41. The number of halogens is 2. The molecule has 2 nitrogen and oxygen atoms in total. The predicted molar refractivity (Wildman–Crippen MR) is 49.9 cm³/mol. The number of aliphatic hydroxyl groups excluding tert-OH is 1. The van der Waals surface area contributed by atoms with E-state index in [2.05, 4.69) is 0 Å². The maximum Gasteiger partial charge on any atom is 0.145 e. The summed E-state index contributed by atoms with van der Waals surface area (Å²) in [5.41, 5.74) is 4.19. The number of nitrogens with two attached hydrogens (primary N) is 1. The van der Waals surface area contributed by atoms with Crippen molar-refractivity contribution in [3.63, 3.8) is 0 Å². The van der Waals surface area contributed by atoms with Crippen LogP contribution in [0.4, 0.5) is 8.78 Å². The zero-order valence-corrected chi connectivity index (χ0v) is 7.87. The van der Waals surface area contributed by atoms with E-state index < -0.39 is 24.1 Å². The Kier molecular flexibility index (Phi) is 3.18. The third-order valence-electron chi connectivity index (χ3n) is 2.27. The SMILES string of the molecule is C[C@@](N)(c1ccccc1F)C(F)CO. The third-order valence-corrected chi connectivity index (χ3v) is 2.27. The normalized spacial score (nSPS) is 17.5. The molecule has 0 aromatic heterocycles. The van der Waals surface area contributed by atoms with Crippen LogP contribution in [0, 0.1) is 5.82 Å². The van der Waals surface area contributed by atoms with Gasteiger partial charge in [-0.25, -0.2) is 8.78 Å². The van der Waals surface area contributed by atoms with E-state index in [1.165, 1.54) is 25.1 Å². The van der Waals surface area contributed by atoms with E-state index in [-0.39, 0.29) is 5.56 Å². The maximum atomic E-state index is 13.3. The fourth-order valence-corrected chi connectivity index (χ4v) is 1.26. The first-order chi connectivity index (χ1) is 6.50. The molecule has 4 heteroatoms. The Balaban J connectivity index is 3.09. The maximum absolute atomic E-state index is 13.3. The Morgan fingerprint density at radius 3 is 2.57 bits per heavy atom. The summed E-state index contributed by atoms with van der Waals surface area (Å²) >= 11 is 0. The molecule has 0 aliphatic rings. The molecule has 1 aromatic carbocycles. The molecule has 1 aromatic rings. The molecular weight excluding hydrogens is 188 g/mol. The van der Waals surface area contributed by atoms with Gasteiger partial charge in [-0.05, 0) is 13.0 Å². The second-order valence-electron chi connectivity index (χ2n) is 3.41. The minimum absolute atomic E-state index is 0.0709. The van der Waals surface area contributed by atoms with Crippen LogP contribution in [0.2, 0.25) is 0 Å². The molecular formula is C10H13F2NO. The van der Waals surface area contributed by atoms with Gasteiger partial charge in [-0.3, -0.25) is 0 Å². The Morgan fingerprint density at radius 2 is 2.07 bits per heavy atom. The number of benzene rings is 1. The van der Waals surface area contributed by atoms with Crippen molar-refractivity contribution in [1.82, 2.24) is 0 Å². The summed E-state index contributed by atoms with van der Waals surface area (Å²) in [5.74, 6) is -0.561. The van der Waals surface area contributed by atoms with Crippen LogP contribution >= 0.6 is 0 Å². The van der Waals surface area contributed by atoms with Gasteiger partial charge < -0.3 is 10.8 Å². The Bertz CT molecular complexity index is 315. The van der Waals surface area contributed by atoms with Gasteiger partial charge in [0.1, 0.15) is 12.0 Å². The zero-order chi connectivity index (χ0) is 10.8. The fourth-order valence-electron chi connectivity index (χ4n) is 1.26. The van der Waals surface area contributed by atoms with E-state index in [1.807, 2.05) is 0 Å². The molecule has 0 spiro atoms. The highest BCUT2D eigenvalue weighted by atomic mass is 19.1. The van der Waals surface area contributed by atoms with Crippen LogP contribution in [0.15, 0.2) is 24.3 Å². The molecule has 0 bridgehead atoms. The van der Waals surface area contributed by atoms with E-state index in [4.69, 9.17) is 10.8 Å². The summed E-state index contributed by atoms with van der Waals surface area (Å²) in [7, 11) is 0. The lowest BCUT2D eigenvalue weighted by Crippen LogP contribution is -2.45. The summed E-state index contributed by atoms with van der Waals surface area (Å²) in [6, 6.07) is 5.71. The minimum Gasteiger partial charge on any atom is -0.393 e. The van der Waals surface area contributed by atoms with Gasteiger partial charge in [0.25, 0.3) is 0 Å². The van der Waals surface area contributed by atoms with Crippen molar-refractivity contribution >= 4 is 0 Å². The van der Waals surface area contributed by atoms with Gasteiger partial charge in [0, 0.05) is 5.56 Å². The first-order valence-corrected chi connectivity index (χ1v) is 4.29. The molecule has 0 fully saturated rings. The standard InChI is InChI=1S/C10H13F2NO/c1-10(13,9(12)6-14)7-4-2-3-5-8(7)11/h2-5,9,14H,6,13H2,1H3/t9?,10-/m1/s1. The number of aliphatic hydroxyl groups is 1. The van der Waals surface area contributed by atoms with Crippen LogP contribution < -0.4 is 5.73 Å². The van der Waals surface area contributed by atoms with Gasteiger partial charge in [-0.1, -0.05) is 18.2 Å². The molecule has 1 rings (SSSR count). The average molecular weight is 201 g/mol. The lowest BCUT2D eigenvalue weighted by Gasteiger charge is -2.28. The van der Waals surface area contributed by atoms with Gasteiger partial charge in [0.15, 0.2) is 0 Å². The van der Waals surface area contributed by atoms with Crippen LogP contribution in [0.25, 0.3) is 0 Å². The van der Waals surface area contributed by atoms with E-state index in [9.17, 15) is 8.78 Å². The quantitative estimate of drug-likeness (QED) is 0.775. The second kappa shape index (κ2) is 4.02. The molecule has 1 unspecified atom stereocenters. The monoisotopic (exact) mass is 201 g/mol. The average Bonchev–Trinajstić information content (AvgIpc) is 2.17. The van der Waals surface area contributed by atoms with E-state index in [0.29, 0.717) is 0 Å². The van der Waals surface area contributed by atoms with Gasteiger partial charge in [-0.2, -0.15) is 0 Å². The molecule has 0 amide bonds. The van der Waals surface area contributed by atoms with Crippen LogP contribution in [0.5, 0.6) is 0 Å². The zero-order valence-electron chi connectivity index (χ0n) is 7.87. The first kappa shape index (κ1) is 11.1. The van der Waals surface area contributed by atoms with Crippen LogP contribution in [-0.2, 0) is 5.54 Å². The summed E-state index contributed by atoms with van der Waals surface area (Å²) in [5, 5.41) is 8.65. The molecule has 2 atom stereocenters. The summed E-state index contributed by atoms with van der Waals surface area (Å²) in [6.07, 6.45) is -1.68. The van der Waals surface area contributed by atoms with Crippen molar-refractivity contribution in [3.8, 4) is 0 Å². The molecule has 0 saturated carbocycles. The fraction of sp³-hybridized carbons (Fsp3) is 0.400. The molecule has 0 saturated heterocycles. The topological polar surface area (TPSA) is 46.2 Å². The van der Waals surface area contributed by atoms with Crippen LogP contribution in [0.1, 0.15) is 12.5 Å². The molecule has 14 heavy (non-hydrogen) atoms. The number of alkyl halides is 1. The van der Waals surface area contributed by atoms with Crippen LogP contribution in [0.3, 0.4) is 0 Å². The number of rotatable bonds is 3. The van der Waals surface area contributed by atoms with Gasteiger partial charge in [-0.15, -0.1) is 0 Å². The summed E-state index contributed by atoms with van der Waals surface area (Å²) in [4.78, 5) is 0. The Morgan fingerprint density at radius 1 is 1.50 bits per heavy atom. The summed E-state index contributed by atoms with van der Waals surface area (Å²) in [6.45, 7) is 0.633. The predicted octanol–water partition coefficient (Wildman–Crippen LogP) is 1.33. The largest absolute Gasteiger partial charge is 0.393 e. The van der Waals surface area contributed by atoms with Crippen molar-refractivity contribution in [1.29, 1.82) is 0 Å². The van der Waals surface area contributed by atoms with Gasteiger partial charge >= 0.3 is 0 Å². The van der Waals surface area contributed by atoms with Crippen molar-refractivity contribution in [2.45, 2.75) is 18.6 Å². The van der Waals surface area contributed by atoms with Crippen molar-refractivity contribution in [3.05, 3.63) is 35.6 Å². The number of hydrogen-bond acceptors (Lipinski definition) is 2. The first-order valence-electron chi connectivity index (χ1n) is 4.29. The highest BCUT2D eigenvalue weighted by Crippen LogP contribution is 2.25.